The summed E-state index contributed by atoms with van der Waals surface area (Å²) in [5.74, 6) is -0.293. The van der Waals surface area contributed by atoms with Crippen LogP contribution >= 0.6 is 0 Å². The van der Waals surface area contributed by atoms with Crippen molar-refractivity contribution in [2.24, 2.45) is 0 Å². The van der Waals surface area contributed by atoms with Crippen molar-refractivity contribution in [3.8, 4) is 11.5 Å². The molecule has 7 heteroatoms. The Balaban J connectivity index is 2.08. The molecule has 0 aliphatic carbocycles. The Morgan fingerprint density at radius 3 is 2.36 bits per heavy atom. The summed E-state index contributed by atoms with van der Waals surface area (Å²) in [5, 5.41) is 11.2. The fourth-order valence-electron chi connectivity index (χ4n) is 4.05. The number of carbonyl (C=O) groups is 2. The Labute approximate surface area is 195 Å². The van der Waals surface area contributed by atoms with Gasteiger partial charge < -0.3 is 24.4 Å². The average molecular weight is 454 g/mol. The van der Waals surface area contributed by atoms with E-state index in [0.29, 0.717) is 29.2 Å². The highest BCUT2D eigenvalue weighted by Crippen LogP contribution is 2.42. The number of hydrogen-bond acceptors (Lipinski definition) is 5. The van der Waals surface area contributed by atoms with E-state index in [9.17, 15) is 14.7 Å². The van der Waals surface area contributed by atoms with Gasteiger partial charge in [-0.2, -0.15) is 0 Å². The van der Waals surface area contributed by atoms with Gasteiger partial charge in [-0.15, -0.1) is 0 Å². The Morgan fingerprint density at radius 1 is 1.09 bits per heavy atom. The molecule has 7 nitrogen and oxygen atoms in total. The van der Waals surface area contributed by atoms with E-state index in [1.54, 1.807) is 42.3 Å². The molecule has 1 saturated heterocycles. The highest BCUT2D eigenvalue weighted by Gasteiger charge is 2.46. The van der Waals surface area contributed by atoms with E-state index in [1.165, 1.54) is 4.90 Å². The van der Waals surface area contributed by atoms with Crippen LogP contribution in [-0.4, -0.2) is 62.1 Å². The number of nitrogens with zero attached hydrogens (tertiary/aromatic N) is 1. The summed E-state index contributed by atoms with van der Waals surface area (Å²) in [6.45, 7) is 5.11. The first-order valence-electron chi connectivity index (χ1n) is 11.2. The molecule has 176 valence electrons. The number of para-hydroxylation sites is 1. The molecule has 33 heavy (non-hydrogen) atoms. The molecule has 0 aromatic heterocycles. The van der Waals surface area contributed by atoms with Gasteiger partial charge >= 0.3 is 0 Å². The van der Waals surface area contributed by atoms with Gasteiger partial charge in [-0.1, -0.05) is 18.2 Å². The maximum Gasteiger partial charge on any atom is 0.295 e. The van der Waals surface area contributed by atoms with E-state index in [-0.39, 0.29) is 17.4 Å². The predicted molar refractivity (Wildman–Crippen MR) is 127 cm³/mol. The number of ether oxygens (including phenoxy) is 2. The van der Waals surface area contributed by atoms with Gasteiger partial charge in [-0.3, -0.25) is 9.59 Å². The van der Waals surface area contributed by atoms with Crippen molar-refractivity contribution in [1.29, 1.82) is 0 Å². The predicted octanol–water partition coefficient (Wildman–Crippen LogP) is 2.44. The van der Waals surface area contributed by atoms with Crippen molar-refractivity contribution in [1.82, 2.24) is 4.90 Å². The normalized spacial score (nSPS) is 17.8. The van der Waals surface area contributed by atoms with Gasteiger partial charge in [0.2, 0.25) is 0 Å². The zero-order chi connectivity index (χ0) is 24.1. The first-order chi connectivity index (χ1) is 15.7. The van der Waals surface area contributed by atoms with Crippen LogP contribution in [0.2, 0.25) is 0 Å². The van der Waals surface area contributed by atoms with Gasteiger partial charge in [0.25, 0.3) is 11.7 Å². The summed E-state index contributed by atoms with van der Waals surface area (Å²) in [5.41, 5.74) is 1.18. The second-order valence-electron chi connectivity index (χ2n) is 8.74. The maximum absolute atomic E-state index is 13.1. The van der Waals surface area contributed by atoms with Gasteiger partial charge in [0, 0.05) is 24.1 Å². The van der Waals surface area contributed by atoms with E-state index >= 15 is 0 Å². The van der Waals surface area contributed by atoms with Crippen LogP contribution in [0, 0.1) is 0 Å². The summed E-state index contributed by atoms with van der Waals surface area (Å²) in [7, 11) is 5.63. The lowest BCUT2D eigenvalue weighted by Gasteiger charge is -2.26. The number of benzene rings is 2. The quantitative estimate of drug-likeness (QED) is 0.346. The minimum Gasteiger partial charge on any atom is -0.507 e. The smallest absolute Gasteiger partial charge is 0.295 e. The number of nitrogens with one attached hydrogen (secondary N) is 1. The standard InChI is InChI=1S/C26H32N2O5/c1-17(2)33-19-13-11-18(12-14-19)24(29)22-23(20-9-6-7-10-21(20)32-5)28(26(31)25(22)30)16-8-15-27(3)4/h6-7,9-14,17,23,29H,8,15-16H2,1-5H3/p+1. The Bertz CT molecular complexity index is 1030. The number of likely N-dealkylation sites (tertiary alicyclic amines) is 1. The Morgan fingerprint density at radius 2 is 1.76 bits per heavy atom. The monoisotopic (exact) mass is 453 g/mol. The minimum absolute atomic E-state index is 0.0179. The number of aliphatic hydroxyl groups excluding tert-OH is 1. The molecule has 2 aromatic rings. The van der Waals surface area contributed by atoms with E-state index in [1.807, 2.05) is 46.1 Å². The topological polar surface area (TPSA) is 80.5 Å². The van der Waals surface area contributed by atoms with E-state index in [0.717, 1.165) is 13.0 Å². The van der Waals surface area contributed by atoms with E-state index < -0.39 is 17.7 Å². The van der Waals surface area contributed by atoms with Gasteiger partial charge in [-0.05, 0) is 44.2 Å². The van der Waals surface area contributed by atoms with Crippen LogP contribution in [0.1, 0.15) is 37.4 Å². The lowest BCUT2D eigenvalue weighted by molar-refractivity contribution is -0.858. The zero-order valence-electron chi connectivity index (χ0n) is 19.9. The molecular weight excluding hydrogens is 420 g/mol. The summed E-state index contributed by atoms with van der Waals surface area (Å²) >= 11 is 0. The van der Waals surface area contributed by atoms with Gasteiger partial charge in [0.05, 0.1) is 45.5 Å². The largest absolute Gasteiger partial charge is 0.507 e. The van der Waals surface area contributed by atoms with Crippen molar-refractivity contribution >= 4 is 17.4 Å². The molecule has 0 spiro atoms. The fraction of sp³-hybridized carbons (Fsp3) is 0.385. The number of quaternary nitrogens is 1. The number of aliphatic hydroxyl groups is 1. The molecule has 3 rings (SSSR count). The summed E-state index contributed by atoms with van der Waals surface area (Å²) in [4.78, 5) is 29.0. The molecule has 0 radical (unpaired) electrons. The number of rotatable bonds is 9. The highest BCUT2D eigenvalue weighted by molar-refractivity contribution is 6.46. The van der Waals surface area contributed by atoms with Crippen LogP contribution in [0.5, 0.6) is 11.5 Å². The van der Waals surface area contributed by atoms with Crippen molar-refractivity contribution in [3.63, 3.8) is 0 Å². The summed E-state index contributed by atoms with van der Waals surface area (Å²) in [6.07, 6.45) is 0.742. The molecule has 2 aromatic carbocycles. The second-order valence-corrected chi connectivity index (χ2v) is 8.74. The Kier molecular flexibility index (Phi) is 7.76. The molecule has 1 heterocycles. The lowest BCUT2D eigenvalue weighted by Crippen LogP contribution is -3.05. The summed E-state index contributed by atoms with van der Waals surface area (Å²) in [6, 6.07) is 13.4. The van der Waals surface area contributed by atoms with Crippen LogP contribution < -0.4 is 14.4 Å². The third kappa shape index (κ3) is 5.37. The molecule has 1 aliphatic rings. The number of methoxy groups -OCH3 is 1. The number of amides is 1. The van der Waals surface area contributed by atoms with Crippen molar-refractivity contribution in [2.75, 3.05) is 34.3 Å². The lowest BCUT2D eigenvalue weighted by atomic mass is 9.94. The summed E-state index contributed by atoms with van der Waals surface area (Å²) < 4.78 is 11.2. The second kappa shape index (κ2) is 10.5. The van der Waals surface area contributed by atoms with E-state index in [2.05, 4.69) is 0 Å². The first kappa shape index (κ1) is 24.3. The number of ketones is 1. The number of Topliss-reactive ketones (excluding diaryl/α,β-unsaturated/α-hetero) is 1. The first-order valence-corrected chi connectivity index (χ1v) is 11.2. The molecule has 2 N–H and O–H groups in total. The molecular formula is C26H33N2O5+. The molecule has 1 aliphatic heterocycles. The van der Waals surface area contributed by atoms with Crippen LogP contribution in [0.3, 0.4) is 0 Å². The van der Waals surface area contributed by atoms with Gasteiger partial charge in [-0.25, -0.2) is 0 Å². The molecule has 1 fully saturated rings. The Hall–Kier alpha value is -3.32. The number of hydrogen-bond donors (Lipinski definition) is 2. The van der Waals surface area contributed by atoms with Gasteiger partial charge in [0.15, 0.2) is 0 Å². The minimum atomic E-state index is -0.732. The van der Waals surface area contributed by atoms with Crippen molar-refractivity contribution in [2.45, 2.75) is 32.4 Å². The highest BCUT2D eigenvalue weighted by atomic mass is 16.5. The van der Waals surface area contributed by atoms with Crippen molar-refractivity contribution < 1.29 is 29.1 Å². The van der Waals surface area contributed by atoms with Crippen LogP contribution in [0.15, 0.2) is 54.1 Å². The molecule has 1 amide bonds. The van der Waals surface area contributed by atoms with Crippen LogP contribution in [-0.2, 0) is 9.59 Å². The molecule has 0 bridgehead atoms. The van der Waals surface area contributed by atoms with Crippen LogP contribution in [0.4, 0.5) is 0 Å². The SMILES string of the molecule is COc1ccccc1C1C(=C(O)c2ccc(OC(C)C)cc2)C(=O)C(=O)N1CCC[NH+](C)C. The molecule has 0 saturated carbocycles. The maximum atomic E-state index is 13.1. The third-order valence-corrected chi connectivity index (χ3v) is 5.55. The number of carbonyl (C=O) groups excluding carboxylic acids is 2. The van der Waals surface area contributed by atoms with Crippen molar-refractivity contribution in [3.05, 3.63) is 65.2 Å². The fourth-order valence-corrected chi connectivity index (χ4v) is 4.05. The molecule has 1 atom stereocenters. The van der Waals surface area contributed by atoms with Crippen LogP contribution in [0.25, 0.3) is 5.76 Å². The van der Waals surface area contributed by atoms with E-state index in [4.69, 9.17) is 9.47 Å². The zero-order valence-corrected chi connectivity index (χ0v) is 19.9. The molecule has 1 unspecified atom stereocenters. The van der Waals surface area contributed by atoms with Gasteiger partial charge in [0.1, 0.15) is 17.3 Å². The third-order valence-electron chi connectivity index (χ3n) is 5.55. The average Bonchev–Trinajstić information content (AvgIpc) is 3.03.